The highest BCUT2D eigenvalue weighted by molar-refractivity contribution is 6.31. The normalized spacial score (nSPS) is 14.0. The third kappa shape index (κ3) is 4.23. The zero-order valence-electron chi connectivity index (χ0n) is 15.4. The molecule has 0 radical (unpaired) electrons. The van der Waals surface area contributed by atoms with Crippen molar-refractivity contribution in [2.24, 2.45) is 0 Å². The number of anilines is 2. The van der Waals surface area contributed by atoms with E-state index in [2.05, 4.69) is 15.3 Å². The van der Waals surface area contributed by atoms with Gasteiger partial charge in [-0.15, -0.1) is 0 Å². The van der Waals surface area contributed by atoms with Gasteiger partial charge in [0.1, 0.15) is 10.8 Å². The summed E-state index contributed by atoms with van der Waals surface area (Å²) in [5.41, 5.74) is 2.04. The minimum Gasteiger partial charge on any atom is -0.495 e. The van der Waals surface area contributed by atoms with Crippen LogP contribution in [0.4, 0.5) is 11.6 Å². The Bertz CT molecular complexity index is 840. The second-order valence-electron chi connectivity index (χ2n) is 5.95. The number of halogens is 1. The summed E-state index contributed by atoms with van der Waals surface area (Å²) in [6, 6.07) is 3.56. The van der Waals surface area contributed by atoms with Crippen LogP contribution in [0, 0.1) is 6.92 Å². The van der Waals surface area contributed by atoms with Gasteiger partial charge in [0.05, 0.1) is 39.3 Å². The number of rotatable bonds is 5. The third-order valence-electron chi connectivity index (χ3n) is 4.23. The molecule has 1 fully saturated rings. The Morgan fingerprint density at radius 2 is 2.00 bits per heavy atom. The number of aromatic nitrogens is 2. The maximum absolute atomic E-state index is 12.8. The second kappa shape index (κ2) is 8.41. The van der Waals surface area contributed by atoms with Crippen molar-refractivity contribution < 1.29 is 19.0 Å². The van der Waals surface area contributed by atoms with Crippen LogP contribution in [-0.2, 0) is 4.74 Å². The maximum Gasteiger partial charge on any atom is 0.254 e. The van der Waals surface area contributed by atoms with E-state index in [9.17, 15) is 4.79 Å². The first-order valence-electron chi connectivity index (χ1n) is 8.42. The third-order valence-corrected chi connectivity index (χ3v) is 4.49. The summed E-state index contributed by atoms with van der Waals surface area (Å²) in [5.74, 6) is 1.05. The van der Waals surface area contributed by atoms with E-state index in [1.165, 1.54) is 13.3 Å². The van der Waals surface area contributed by atoms with Crippen LogP contribution in [0.2, 0.25) is 5.02 Å². The minimum absolute atomic E-state index is 0.0370. The molecule has 3 rings (SSSR count). The first-order chi connectivity index (χ1) is 13.0. The molecule has 0 atom stereocenters. The predicted molar refractivity (Wildman–Crippen MR) is 101 cm³/mol. The van der Waals surface area contributed by atoms with E-state index in [-0.39, 0.29) is 11.8 Å². The number of amides is 1. The molecule has 1 saturated heterocycles. The van der Waals surface area contributed by atoms with Crippen LogP contribution >= 0.6 is 11.6 Å². The topological polar surface area (TPSA) is 85.8 Å². The highest BCUT2D eigenvalue weighted by Gasteiger charge is 2.22. The standard InChI is InChI=1S/C18H21ClN4O4/c1-11-8-14(21-18-20-10-13(19)16(22-18)26-3)15(25-2)9-12(11)17(24)23-4-6-27-7-5-23/h8-10H,4-7H2,1-3H3,(H,20,21,22). The van der Waals surface area contributed by atoms with E-state index in [0.717, 1.165) is 5.56 Å². The Hall–Kier alpha value is -2.58. The highest BCUT2D eigenvalue weighted by Crippen LogP contribution is 2.32. The summed E-state index contributed by atoms with van der Waals surface area (Å²) in [5, 5.41) is 3.40. The first kappa shape index (κ1) is 19.2. The molecule has 1 aliphatic heterocycles. The molecular formula is C18H21ClN4O4. The van der Waals surface area contributed by atoms with E-state index < -0.39 is 0 Å². The van der Waals surface area contributed by atoms with Crippen LogP contribution in [0.3, 0.4) is 0 Å². The van der Waals surface area contributed by atoms with Crippen LogP contribution in [0.1, 0.15) is 15.9 Å². The number of hydrogen-bond acceptors (Lipinski definition) is 7. The number of nitrogens with one attached hydrogen (secondary N) is 1. The molecular weight excluding hydrogens is 372 g/mol. The van der Waals surface area contributed by atoms with E-state index in [1.54, 1.807) is 18.1 Å². The molecule has 1 aromatic carbocycles. The lowest BCUT2D eigenvalue weighted by atomic mass is 10.1. The lowest BCUT2D eigenvalue weighted by Gasteiger charge is -2.27. The molecule has 27 heavy (non-hydrogen) atoms. The summed E-state index contributed by atoms with van der Waals surface area (Å²) in [6.07, 6.45) is 1.45. The van der Waals surface area contributed by atoms with Crippen LogP contribution in [0.15, 0.2) is 18.3 Å². The molecule has 0 aliphatic carbocycles. The van der Waals surface area contributed by atoms with Crippen LogP contribution in [-0.4, -0.2) is 61.3 Å². The molecule has 8 nitrogen and oxygen atoms in total. The van der Waals surface area contributed by atoms with Gasteiger partial charge in [-0.25, -0.2) is 4.98 Å². The number of hydrogen-bond donors (Lipinski definition) is 1. The summed E-state index contributed by atoms with van der Waals surface area (Å²) >= 11 is 5.96. The lowest BCUT2D eigenvalue weighted by molar-refractivity contribution is 0.0302. The van der Waals surface area contributed by atoms with Crippen LogP contribution in [0.5, 0.6) is 11.6 Å². The van der Waals surface area contributed by atoms with Gasteiger partial charge in [-0.3, -0.25) is 4.79 Å². The van der Waals surface area contributed by atoms with Crippen molar-refractivity contribution in [1.29, 1.82) is 0 Å². The molecule has 1 N–H and O–H groups in total. The van der Waals surface area contributed by atoms with Gasteiger partial charge in [-0.05, 0) is 24.6 Å². The number of methoxy groups -OCH3 is 2. The van der Waals surface area contributed by atoms with Gasteiger partial charge in [0.2, 0.25) is 11.8 Å². The molecule has 0 spiro atoms. The minimum atomic E-state index is -0.0370. The Labute approximate surface area is 162 Å². The van der Waals surface area contributed by atoms with Crippen molar-refractivity contribution in [3.05, 3.63) is 34.5 Å². The van der Waals surface area contributed by atoms with Gasteiger partial charge in [0.25, 0.3) is 5.91 Å². The molecule has 1 aromatic heterocycles. The number of morpholine rings is 1. The number of carbonyl (C=O) groups is 1. The molecule has 1 aliphatic rings. The van der Waals surface area contributed by atoms with Gasteiger partial charge in [0.15, 0.2) is 0 Å². The zero-order chi connectivity index (χ0) is 19.4. The monoisotopic (exact) mass is 392 g/mol. The number of carbonyl (C=O) groups excluding carboxylic acids is 1. The van der Waals surface area contributed by atoms with Crippen molar-refractivity contribution in [3.8, 4) is 11.6 Å². The molecule has 144 valence electrons. The summed E-state index contributed by atoms with van der Waals surface area (Å²) < 4.78 is 15.9. The average molecular weight is 393 g/mol. The van der Waals surface area contributed by atoms with Crippen molar-refractivity contribution in [1.82, 2.24) is 14.9 Å². The number of ether oxygens (including phenoxy) is 3. The van der Waals surface area contributed by atoms with Crippen molar-refractivity contribution in [3.63, 3.8) is 0 Å². The Morgan fingerprint density at radius 1 is 1.26 bits per heavy atom. The van der Waals surface area contributed by atoms with Gasteiger partial charge < -0.3 is 24.4 Å². The number of nitrogens with zero attached hydrogens (tertiary/aromatic N) is 3. The van der Waals surface area contributed by atoms with Gasteiger partial charge in [-0.2, -0.15) is 4.98 Å². The van der Waals surface area contributed by atoms with E-state index in [4.69, 9.17) is 25.8 Å². The Balaban J connectivity index is 1.88. The fourth-order valence-corrected chi connectivity index (χ4v) is 2.97. The fourth-order valence-electron chi connectivity index (χ4n) is 2.80. The molecule has 1 amide bonds. The van der Waals surface area contributed by atoms with E-state index >= 15 is 0 Å². The smallest absolute Gasteiger partial charge is 0.254 e. The molecule has 9 heteroatoms. The van der Waals surface area contributed by atoms with Crippen LogP contribution in [0.25, 0.3) is 0 Å². The largest absolute Gasteiger partial charge is 0.495 e. The van der Waals surface area contributed by atoms with Crippen LogP contribution < -0.4 is 14.8 Å². The van der Waals surface area contributed by atoms with Gasteiger partial charge in [-0.1, -0.05) is 11.6 Å². The average Bonchev–Trinajstić information content (AvgIpc) is 2.70. The molecule has 2 heterocycles. The zero-order valence-corrected chi connectivity index (χ0v) is 16.2. The van der Waals surface area contributed by atoms with E-state index in [0.29, 0.717) is 54.3 Å². The fraction of sp³-hybridized carbons (Fsp3) is 0.389. The molecule has 2 aromatic rings. The number of aryl methyl sites for hydroxylation is 1. The summed E-state index contributed by atoms with van der Waals surface area (Å²) in [7, 11) is 3.02. The predicted octanol–water partition coefficient (Wildman–Crippen LogP) is 2.67. The summed E-state index contributed by atoms with van der Waals surface area (Å²) in [6.45, 7) is 4.15. The van der Waals surface area contributed by atoms with Gasteiger partial charge in [0, 0.05) is 18.7 Å². The van der Waals surface area contributed by atoms with Crippen molar-refractivity contribution in [2.75, 3.05) is 45.8 Å². The lowest BCUT2D eigenvalue weighted by Crippen LogP contribution is -2.40. The maximum atomic E-state index is 12.8. The molecule has 0 saturated carbocycles. The van der Waals surface area contributed by atoms with Gasteiger partial charge >= 0.3 is 0 Å². The molecule has 0 bridgehead atoms. The van der Waals surface area contributed by atoms with E-state index in [1.807, 2.05) is 13.0 Å². The quantitative estimate of drug-likeness (QED) is 0.837. The number of benzene rings is 1. The second-order valence-corrected chi connectivity index (χ2v) is 6.36. The summed E-state index contributed by atoms with van der Waals surface area (Å²) in [4.78, 5) is 22.9. The molecule has 0 unspecified atom stereocenters. The van der Waals surface area contributed by atoms with Crippen molar-refractivity contribution >= 4 is 29.1 Å². The Morgan fingerprint density at radius 3 is 2.67 bits per heavy atom. The van der Waals surface area contributed by atoms with Crippen molar-refractivity contribution in [2.45, 2.75) is 6.92 Å². The first-order valence-corrected chi connectivity index (χ1v) is 8.80. The highest BCUT2D eigenvalue weighted by atomic mass is 35.5. The SMILES string of the molecule is COc1cc(C(=O)N2CCOCC2)c(C)cc1Nc1ncc(Cl)c(OC)n1. The Kier molecular flexibility index (Phi) is 5.98.